The summed E-state index contributed by atoms with van der Waals surface area (Å²) < 4.78 is 24.3. The highest BCUT2D eigenvalue weighted by Crippen LogP contribution is 2.34. The van der Waals surface area contributed by atoms with Gasteiger partial charge in [0.15, 0.2) is 9.84 Å². The molecule has 0 saturated carbocycles. The van der Waals surface area contributed by atoms with Crippen LogP contribution in [0.5, 0.6) is 0 Å². The van der Waals surface area contributed by atoms with Gasteiger partial charge in [-0.1, -0.05) is 34.8 Å². The number of fused-ring (bicyclic) bond motifs is 1. The van der Waals surface area contributed by atoms with Crippen molar-refractivity contribution in [2.75, 3.05) is 11.2 Å². The van der Waals surface area contributed by atoms with Crippen molar-refractivity contribution < 1.29 is 8.42 Å². The van der Waals surface area contributed by atoms with E-state index in [1.165, 1.54) is 11.3 Å². The first-order chi connectivity index (χ1) is 10.4. The molecule has 0 bridgehead atoms. The number of nitrogens with zero attached hydrogens (tertiary/aromatic N) is 1. The molecule has 1 aliphatic rings. The van der Waals surface area contributed by atoms with Gasteiger partial charge in [0.2, 0.25) is 0 Å². The highest BCUT2D eigenvalue weighted by molar-refractivity contribution is 7.93. The standard InChI is InChI=1S/C13H9Cl3N2O2S2/c14-7-5-9(15)12(10(16)6-7)18-17-11-2-4-22(19,20)13-8(11)1-3-21-13/h1,3,5-6,18H,2,4H2/b17-11-. The molecule has 1 aromatic carbocycles. The maximum absolute atomic E-state index is 12.0. The molecule has 0 unspecified atom stereocenters. The van der Waals surface area contributed by atoms with Crippen LogP contribution < -0.4 is 5.43 Å². The molecule has 1 N–H and O–H groups in total. The molecular weight excluding hydrogens is 387 g/mol. The second kappa shape index (κ2) is 6.02. The summed E-state index contributed by atoms with van der Waals surface area (Å²) in [7, 11) is -3.20. The first-order valence-corrected chi connectivity index (χ1v) is 9.83. The summed E-state index contributed by atoms with van der Waals surface area (Å²) in [5.74, 6) is 0.0448. The molecule has 0 spiro atoms. The predicted octanol–water partition coefficient (Wildman–Crippen LogP) is 4.70. The molecular formula is C13H9Cl3N2O2S2. The van der Waals surface area contributed by atoms with E-state index in [4.69, 9.17) is 34.8 Å². The summed E-state index contributed by atoms with van der Waals surface area (Å²) in [5, 5.41) is 7.14. The molecule has 116 valence electrons. The lowest BCUT2D eigenvalue weighted by molar-refractivity contribution is 0.597. The van der Waals surface area contributed by atoms with E-state index >= 15 is 0 Å². The van der Waals surface area contributed by atoms with Gasteiger partial charge < -0.3 is 0 Å². The zero-order chi connectivity index (χ0) is 15.9. The van der Waals surface area contributed by atoms with Gasteiger partial charge in [0.05, 0.1) is 27.2 Å². The van der Waals surface area contributed by atoms with E-state index in [9.17, 15) is 8.42 Å². The van der Waals surface area contributed by atoms with Gasteiger partial charge in [-0.2, -0.15) is 5.10 Å². The average Bonchev–Trinajstić information content (AvgIpc) is 2.90. The zero-order valence-corrected chi connectivity index (χ0v) is 14.8. The van der Waals surface area contributed by atoms with Crippen LogP contribution in [0.1, 0.15) is 12.0 Å². The fourth-order valence-electron chi connectivity index (χ4n) is 2.10. The van der Waals surface area contributed by atoms with E-state index in [0.29, 0.717) is 42.7 Å². The Balaban J connectivity index is 1.96. The topological polar surface area (TPSA) is 58.5 Å². The Morgan fingerprint density at radius 3 is 2.55 bits per heavy atom. The van der Waals surface area contributed by atoms with Gasteiger partial charge in [-0.3, -0.25) is 5.43 Å². The number of hydrogen-bond acceptors (Lipinski definition) is 5. The SMILES string of the molecule is O=S1(=O)CC/C(=N/Nc2c(Cl)cc(Cl)cc2Cl)c2ccsc21. The number of sulfone groups is 1. The predicted molar refractivity (Wildman–Crippen MR) is 92.6 cm³/mol. The number of benzene rings is 1. The number of thiophene rings is 1. The number of nitrogens with one attached hydrogen (secondary N) is 1. The third-order valence-corrected chi connectivity index (χ3v) is 7.24. The van der Waals surface area contributed by atoms with Crippen LogP contribution in [0.4, 0.5) is 5.69 Å². The largest absolute Gasteiger partial charge is 0.275 e. The van der Waals surface area contributed by atoms with Crippen molar-refractivity contribution in [2.45, 2.75) is 10.6 Å². The lowest BCUT2D eigenvalue weighted by atomic mass is 10.1. The van der Waals surface area contributed by atoms with Crippen molar-refractivity contribution in [3.63, 3.8) is 0 Å². The molecule has 0 saturated heterocycles. The highest BCUT2D eigenvalue weighted by Gasteiger charge is 2.29. The van der Waals surface area contributed by atoms with Gasteiger partial charge in [0.1, 0.15) is 4.21 Å². The summed E-state index contributed by atoms with van der Waals surface area (Å²) in [6.45, 7) is 0. The van der Waals surface area contributed by atoms with Crippen LogP contribution in [0, 0.1) is 0 Å². The average molecular weight is 396 g/mol. The minimum atomic E-state index is -3.20. The minimum absolute atomic E-state index is 0.0448. The molecule has 22 heavy (non-hydrogen) atoms. The summed E-state index contributed by atoms with van der Waals surface area (Å²) in [5.41, 5.74) is 4.54. The Hall–Kier alpha value is -0.790. The second-order valence-electron chi connectivity index (χ2n) is 4.61. The Morgan fingerprint density at radius 1 is 1.18 bits per heavy atom. The van der Waals surface area contributed by atoms with E-state index in [-0.39, 0.29) is 5.75 Å². The summed E-state index contributed by atoms with van der Waals surface area (Å²) in [6.07, 6.45) is 0.335. The highest BCUT2D eigenvalue weighted by atomic mass is 35.5. The summed E-state index contributed by atoms with van der Waals surface area (Å²) in [4.78, 5) is 0. The molecule has 0 aliphatic carbocycles. The van der Waals surface area contributed by atoms with E-state index in [0.717, 1.165) is 0 Å². The number of halogens is 3. The van der Waals surface area contributed by atoms with Gasteiger partial charge in [0.25, 0.3) is 0 Å². The molecule has 0 fully saturated rings. The van der Waals surface area contributed by atoms with Crippen LogP contribution in [0.2, 0.25) is 15.1 Å². The van der Waals surface area contributed by atoms with Gasteiger partial charge in [-0.15, -0.1) is 11.3 Å². The summed E-state index contributed by atoms with van der Waals surface area (Å²) >= 11 is 19.2. The van der Waals surface area contributed by atoms with Crippen LogP contribution in [0.3, 0.4) is 0 Å². The van der Waals surface area contributed by atoms with Crippen LogP contribution in [-0.4, -0.2) is 19.9 Å². The van der Waals surface area contributed by atoms with Gasteiger partial charge in [-0.25, -0.2) is 8.42 Å². The van der Waals surface area contributed by atoms with Crippen molar-refractivity contribution >= 4 is 67.4 Å². The van der Waals surface area contributed by atoms with Gasteiger partial charge >= 0.3 is 0 Å². The van der Waals surface area contributed by atoms with Crippen molar-refractivity contribution in [3.8, 4) is 0 Å². The number of hydrazone groups is 1. The van der Waals surface area contributed by atoms with Crippen molar-refractivity contribution in [1.82, 2.24) is 0 Å². The second-order valence-corrected chi connectivity index (χ2v) is 9.08. The monoisotopic (exact) mass is 394 g/mol. The van der Waals surface area contributed by atoms with Crippen molar-refractivity contribution in [3.05, 3.63) is 44.2 Å². The molecule has 1 aliphatic heterocycles. The summed E-state index contributed by atoms with van der Waals surface area (Å²) in [6, 6.07) is 4.86. The zero-order valence-electron chi connectivity index (χ0n) is 10.9. The van der Waals surface area contributed by atoms with Gasteiger partial charge in [-0.05, 0) is 23.6 Å². The van der Waals surface area contributed by atoms with Crippen molar-refractivity contribution in [1.29, 1.82) is 0 Å². The number of anilines is 1. The molecule has 2 heterocycles. The minimum Gasteiger partial charge on any atom is -0.275 e. The molecule has 4 nitrogen and oxygen atoms in total. The molecule has 3 rings (SSSR count). The van der Waals surface area contributed by atoms with E-state index in [2.05, 4.69) is 10.5 Å². The van der Waals surface area contributed by atoms with Gasteiger partial charge in [0, 0.05) is 17.0 Å². The maximum Gasteiger partial charge on any atom is 0.188 e. The Kier molecular flexibility index (Phi) is 4.40. The molecule has 9 heteroatoms. The Bertz CT molecular complexity index is 852. The molecule has 0 atom stereocenters. The fourth-order valence-corrected chi connectivity index (χ4v) is 5.81. The lowest BCUT2D eigenvalue weighted by Gasteiger charge is -2.15. The van der Waals surface area contributed by atoms with Crippen LogP contribution in [0.25, 0.3) is 0 Å². The van der Waals surface area contributed by atoms with Crippen LogP contribution >= 0.6 is 46.1 Å². The Morgan fingerprint density at radius 2 is 1.86 bits per heavy atom. The number of hydrogen-bond donors (Lipinski definition) is 1. The first kappa shape index (κ1) is 16.1. The van der Waals surface area contributed by atoms with E-state index in [1.807, 2.05) is 0 Å². The third-order valence-electron chi connectivity index (χ3n) is 3.14. The molecule has 0 amide bonds. The fraction of sp³-hybridized carbons (Fsp3) is 0.154. The molecule has 1 aromatic heterocycles. The smallest absolute Gasteiger partial charge is 0.188 e. The first-order valence-electron chi connectivity index (χ1n) is 6.16. The molecule has 0 radical (unpaired) electrons. The molecule has 2 aromatic rings. The van der Waals surface area contributed by atoms with Crippen LogP contribution in [-0.2, 0) is 9.84 Å². The van der Waals surface area contributed by atoms with Crippen LogP contribution in [0.15, 0.2) is 32.9 Å². The number of rotatable bonds is 2. The lowest BCUT2D eigenvalue weighted by Crippen LogP contribution is -2.20. The van der Waals surface area contributed by atoms with Crippen molar-refractivity contribution in [2.24, 2.45) is 5.10 Å². The Labute approximate surface area is 146 Å². The van der Waals surface area contributed by atoms with E-state index in [1.54, 1.807) is 23.6 Å². The normalized spacial score (nSPS) is 18.2. The third kappa shape index (κ3) is 2.98. The quantitative estimate of drug-likeness (QED) is 0.750. The maximum atomic E-state index is 12.0. The van der Waals surface area contributed by atoms with E-state index < -0.39 is 9.84 Å².